The van der Waals surface area contributed by atoms with Crippen LogP contribution in [0.3, 0.4) is 0 Å². The molecule has 0 aliphatic carbocycles. The highest BCUT2D eigenvalue weighted by Gasteiger charge is 2.18. The van der Waals surface area contributed by atoms with Gasteiger partial charge in [-0.15, -0.1) is 0 Å². The van der Waals surface area contributed by atoms with E-state index in [4.69, 9.17) is 9.97 Å². The first-order valence-electron chi connectivity index (χ1n) is 15.4. The summed E-state index contributed by atoms with van der Waals surface area (Å²) in [6.07, 6.45) is 0. The van der Waals surface area contributed by atoms with Crippen LogP contribution >= 0.6 is 0 Å². The average molecular weight is 605 g/mol. The summed E-state index contributed by atoms with van der Waals surface area (Å²) in [5, 5.41) is 2.88. The first kappa shape index (κ1) is 29.7. The minimum Gasteiger partial charge on any atom is -0.228 e. The van der Waals surface area contributed by atoms with Crippen molar-refractivity contribution >= 4 is 26.5 Å². The van der Waals surface area contributed by atoms with E-state index in [1.807, 2.05) is 0 Å². The van der Waals surface area contributed by atoms with Crippen LogP contribution in [0, 0.1) is 0 Å². The second kappa shape index (κ2) is 11.9. The summed E-state index contributed by atoms with van der Waals surface area (Å²) in [5.41, 5.74) is 9.89. The number of hydrogen-bond donors (Lipinski definition) is 0. The Labute approximate surface area is 264 Å². The smallest absolute Gasteiger partial charge is 0.160 e. The van der Waals surface area contributed by atoms with Crippen molar-refractivity contribution in [2.24, 2.45) is 0 Å². The van der Waals surface area contributed by atoms with E-state index >= 15 is 0 Å². The molecule has 6 aromatic rings. The minimum absolute atomic E-state index is 0.755. The van der Waals surface area contributed by atoms with E-state index in [9.17, 15) is 0 Å². The van der Waals surface area contributed by atoms with Gasteiger partial charge in [-0.2, -0.15) is 0 Å². The highest BCUT2D eigenvalue weighted by atomic mass is 28.3. The van der Waals surface area contributed by atoms with E-state index in [0.717, 1.165) is 33.9 Å². The van der Waals surface area contributed by atoms with Gasteiger partial charge in [-0.1, -0.05) is 165 Å². The Morgan fingerprint density at radius 2 is 0.750 bits per heavy atom. The van der Waals surface area contributed by atoms with Crippen LogP contribution in [0.5, 0.6) is 0 Å². The first-order chi connectivity index (χ1) is 21.0. The predicted molar refractivity (Wildman–Crippen MR) is 195 cm³/mol. The van der Waals surface area contributed by atoms with Gasteiger partial charge >= 0.3 is 0 Å². The van der Waals surface area contributed by atoms with Crippen LogP contribution < -0.4 is 10.4 Å². The molecule has 0 bridgehead atoms. The number of rotatable bonds is 7. The van der Waals surface area contributed by atoms with Crippen molar-refractivity contribution in [3.05, 3.63) is 133 Å². The summed E-state index contributed by atoms with van der Waals surface area (Å²) < 4.78 is 0. The van der Waals surface area contributed by atoms with Crippen LogP contribution in [0.25, 0.3) is 56.2 Å². The molecule has 0 radical (unpaired) electrons. The molecule has 0 saturated heterocycles. The van der Waals surface area contributed by atoms with Gasteiger partial charge in [-0.3, -0.25) is 0 Å². The number of aromatic nitrogens is 2. The molecule has 0 saturated carbocycles. The monoisotopic (exact) mass is 604 g/mol. The van der Waals surface area contributed by atoms with Crippen molar-refractivity contribution in [3.63, 3.8) is 0 Å². The van der Waals surface area contributed by atoms with Gasteiger partial charge in [-0.25, -0.2) is 9.97 Å². The molecule has 6 rings (SSSR count). The van der Waals surface area contributed by atoms with Gasteiger partial charge in [0.1, 0.15) is 0 Å². The number of hydrogen-bond acceptors (Lipinski definition) is 2. The van der Waals surface area contributed by atoms with Gasteiger partial charge in [0.15, 0.2) is 5.82 Å². The lowest BCUT2D eigenvalue weighted by Crippen LogP contribution is -2.37. The average Bonchev–Trinajstić information content (AvgIpc) is 3.04. The maximum Gasteiger partial charge on any atom is 0.160 e. The largest absolute Gasteiger partial charge is 0.228 e. The lowest BCUT2D eigenvalue weighted by atomic mass is 9.97. The quantitative estimate of drug-likeness (QED) is 0.170. The first-order valence-corrected chi connectivity index (χ1v) is 22.4. The fraction of sp³-hybridized carbons (Fsp3) is 0.150. The lowest BCUT2D eigenvalue weighted by Gasteiger charge is -2.17. The third-order valence-electron chi connectivity index (χ3n) is 8.24. The van der Waals surface area contributed by atoms with Crippen molar-refractivity contribution in [1.82, 2.24) is 9.97 Å². The molecule has 218 valence electrons. The minimum atomic E-state index is -1.41. The van der Waals surface area contributed by atoms with E-state index in [-0.39, 0.29) is 0 Å². The van der Waals surface area contributed by atoms with E-state index < -0.39 is 16.1 Å². The predicted octanol–water partition coefficient (Wildman–Crippen LogP) is 9.90. The third-order valence-corrected chi connectivity index (χ3v) is 12.4. The molecule has 0 aliphatic rings. The molecule has 0 aliphatic heterocycles. The molecule has 0 unspecified atom stereocenters. The van der Waals surface area contributed by atoms with E-state index in [0.29, 0.717) is 0 Å². The van der Waals surface area contributed by atoms with Gasteiger partial charge in [-0.05, 0) is 40.5 Å². The van der Waals surface area contributed by atoms with Gasteiger partial charge in [0, 0.05) is 16.7 Å². The van der Waals surface area contributed by atoms with Gasteiger partial charge in [0.2, 0.25) is 0 Å². The van der Waals surface area contributed by atoms with Crippen molar-refractivity contribution in [3.8, 4) is 56.2 Å². The van der Waals surface area contributed by atoms with Crippen molar-refractivity contribution in [2.45, 2.75) is 39.3 Å². The van der Waals surface area contributed by atoms with Crippen LogP contribution in [-0.2, 0) is 0 Å². The molecule has 1 heterocycles. The number of nitrogens with zero attached hydrogens (tertiary/aromatic N) is 2. The molecule has 5 aromatic carbocycles. The van der Waals surface area contributed by atoms with Crippen LogP contribution in [-0.4, -0.2) is 26.1 Å². The van der Waals surface area contributed by atoms with Gasteiger partial charge < -0.3 is 0 Å². The maximum absolute atomic E-state index is 5.16. The standard InChI is InChI=1S/C40H40N2Si2/c1-43(2,3)36-22-18-30(19-23-36)38-28-39(42-40(41-38)31-20-24-37(25-21-31)44(4,5)6)35-17-11-16-34(27-35)33-15-10-14-32(26-33)29-12-8-7-9-13-29/h7-28H,1-6H3. The lowest BCUT2D eigenvalue weighted by molar-refractivity contribution is 1.18. The normalized spacial score (nSPS) is 11.9. The molecule has 4 heteroatoms. The van der Waals surface area contributed by atoms with Gasteiger partial charge in [0.05, 0.1) is 27.5 Å². The van der Waals surface area contributed by atoms with Crippen LogP contribution in [0.4, 0.5) is 0 Å². The highest BCUT2D eigenvalue weighted by molar-refractivity contribution is 6.89. The van der Waals surface area contributed by atoms with Crippen molar-refractivity contribution < 1.29 is 0 Å². The van der Waals surface area contributed by atoms with Crippen LogP contribution in [0.1, 0.15) is 0 Å². The SMILES string of the molecule is C[Si](C)(C)c1ccc(-c2cc(-c3cccc(-c4cccc(-c5ccccc5)c4)c3)nc(-c3ccc([Si](C)(C)C)cc3)n2)cc1. The number of benzene rings is 5. The summed E-state index contributed by atoms with van der Waals surface area (Å²) in [6, 6.07) is 48.1. The molecular formula is C40H40N2Si2. The molecule has 0 amide bonds. The molecular weight excluding hydrogens is 565 g/mol. The Morgan fingerprint density at radius 1 is 0.341 bits per heavy atom. The molecule has 44 heavy (non-hydrogen) atoms. The zero-order valence-corrected chi connectivity index (χ0v) is 28.6. The fourth-order valence-corrected chi connectivity index (χ4v) is 7.83. The fourth-order valence-electron chi connectivity index (χ4n) is 5.50. The summed E-state index contributed by atoms with van der Waals surface area (Å²) in [5.74, 6) is 0.755. The molecule has 0 fully saturated rings. The molecule has 0 N–H and O–H groups in total. The second-order valence-electron chi connectivity index (χ2n) is 13.6. The summed E-state index contributed by atoms with van der Waals surface area (Å²) >= 11 is 0. The molecule has 0 spiro atoms. The topological polar surface area (TPSA) is 25.8 Å². The van der Waals surface area contributed by atoms with E-state index in [1.165, 1.54) is 32.6 Å². The highest BCUT2D eigenvalue weighted by Crippen LogP contribution is 2.32. The molecule has 2 nitrogen and oxygen atoms in total. The zero-order valence-electron chi connectivity index (χ0n) is 26.6. The van der Waals surface area contributed by atoms with Crippen LogP contribution in [0.15, 0.2) is 133 Å². The maximum atomic E-state index is 5.16. The third kappa shape index (κ3) is 6.57. The van der Waals surface area contributed by atoms with E-state index in [2.05, 4.69) is 173 Å². The summed E-state index contributed by atoms with van der Waals surface area (Å²) in [4.78, 5) is 10.3. The Bertz CT molecular complexity index is 1820. The summed E-state index contributed by atoms with van der Waals surface area (Å²) in [7, 11) is -2.81. The Balaban J connectivity index is 1.44. The molecule has 1 aromatic heterocycles. The Hall–Kier alpha value is -4.39. The van der Waals surface area contributed by atoms with Crippen molar-refractivity contribution in [2.75, 3.05) is 0 Å². The molecule has 0 atom stereocenters. The zero-order chi connectivity index (χ0) is 30.9. The Morgan fingerprint density at radius 3 is 1.27 bits per heavy atom. The second-order valence-corrected chi connectivity index (χ2v) is 23.8. The van der Waals surface area contributed by atoms with Crippen LogP contribution in [0.2, 0.25) is 39.3 Å². The van der Waals surface area contributed by atoms with Crippen molar-refractivity contribution in [1.29, 1.82) is 0 Å². The Kier molecular flexibility index (Phi) is 8.06. The van der Waals surface area contributed by atoms with E-state index in [1.54, 1.807) is 0 Å². The summed E-state index contributed by atoms with van der Waals surface area (Å²) in [6.45, 7) is 14.3. The van der Waals surface area contributed by atoms with Gasteiger partial charge in [0.25, 0.3) is 0 Å².